The number of carboxylic acids is 1. The number of aliphatic carboxylic acids is 1. The number of carbonyl (C=O) groups excluding carboxylic acids is 1. The van der Waals surface area contributed by atoms with E-state index in [0.29, 0.717) is 18.5 Å². The summed E-state index contributed by atoms with van der Waals surface area (Å²) in [5.41, 5.74) is -0.176. The summed E-state index contributed by atoms with van der Waals surface area (Å²) in [6.45, 7) is 4.65. The van der Waals surface area contributed by atoms with E-state index < -0.39 is 29.6 Å². The van der Waals surface area contributed by atoms with Crippen LogP contribution < -0.4 is 10.6 Å². The predicted octanol–water partition coefficient (Wildman–Crippen LogP) is 3.55. The zero-order chi connectivity index (χ0) is 18.8. The first-order valence-electron chi connectivity index (χ1n) is 8.58. The Balaban J connectivity index is 2.58. The molecule has 1 amide bonds. The molecule has 1 rings (SSSR count). The molecular formula is C18H26F2N2O3. The minimum Gasteiger partial charge on any atom is -0.480 e. The molecule has 0 fully saturated rings. The van der Waals surface area contributed by atoms with Crippen molar-refractivity contribution in [3.63, 3.8) is 0 Å². The standard InChI is InChI=1S/C18H26F2N2O3/c1-3-5-6-12(4-2)11-21-16(18(24)25)10-17(23)22-15-8-7-13(19)9-14(15)20/h7-9,12,16,21H,3-6,10-11H2,1-2H3,(H,22,23)(H,24,25)/t12-,16-/m0/s1. The minimum atomic E-state index is -1.14. The van der Waals surface area contributed by atoms with Crippen LogP contribution in [-0.4, -0.2) is 29.6 Å². The number of rotatable bonds is 11. The third-order valence-electron chi connectivity index (χ3n) is 4.09. The zero-order valence-electron chi connectivity index (χ0n) is 14.6. The van der Waals surface area contributed by atoms with Crippen molar-refractivity contribution < 1.29 is 23.5 Å². The van der Waals surface area contributed by atoms with Gasteiger partial charge in [-0.15, -0.1) is 0 Å². The van der Waals surface area contributed by atoms with Crippen LogP contribution >= 0.6 is 0 Å². The quantitative estimate of drug-likeness (QED) is 0.567. The number of amides is 1. The van der Waals surface area contributed by atoms with E-state index >= 15 is 0 Å². The fourth-order valence-electron chi connectivity index (χ4n) is 2.48. The molecule has 5 nitrogen and oxygen atoms in total. The van der Waals surface area contributed by atoms with Crippen LogP contribution in [0.1, 0.15) is 46.0 Å². The highest BCUT2D eigenvalue weighted by Gasteiger charge is 2.22. The summed E-state index contributed by atoms with van der Waals surface area (Å²) in [7, 11) is 0. The van der Waals surface area contributed by atoms with E-state index in [2.05, 4.69) is 17.6 Å². The highest BCUT2D eigenvalue weighted by atomic mass is 19.1. The maximum atomic E-state index is 13.5. The van der Waals surface area contributed by atoms with E-state index in [-0.39, 0.29) is 12.1 Å². The Kier molecular flexibility index (Phi) is 9.05. The molecule has 0 saturated heterocycles. The number of nitrogens with one attached hydrogen (secondary N) is 2. The molecule has 0 bridgehead atoms. The van der Waals surface area contributed by atoms with Crippen LogP contribution in [0, 0.1) is 17.6 Å². The number of anilines is 1. The Morgan fingerprint density at radius 3 is 2.52 bits per heavy atom. The molecule has 2 atom stereocenters. The minimum absolute atomic E-state index is 0.176. The molecule has 7 heteroatoms. The van der Waals surface area contributed by atoms with Gasteiger partial charge in [0.1, 0.15) is 17.7 Å². The maximum Gasteiger partial charge on any atom is 0.321 e. The lowest BCUT2D eigenvalue weighted by molar-refractivity contribution is -0.141. The molecule has 1 aromatic carbocycles. The number of carboxylic acid groups (broad SMARTS) is 1. The molecule has 0 unspecified atom stereocenters. The second-order valence-corrected chi connectivity index (χ2v) is 6.09. The van der Waals surface area contributed by atoms with Crippen LogP contribution in [0.3, 0.4) is 0 Å². The van der Waals surface area contributed by atoms with Crippen molar-refractivity contribution in [2.45, 2.75) is 52.0 Å². The van der Waals surface area contributed by atoms with E-state index in [1.54, 1.807) is 0 Å². The van der Waals surface area contributed by atoms with Crippen molar-refractivity contribution in [3.8, 4) is 0 Å². The third kappa shape index (κ3) is 7.60. The number of carbonyl (C=O) groups is 2. The molecule has 25 heavy (non-hydrogen) atoms. The first kappa shape index (κ1) is 21.0. The lowest BCUT2D eigenvalue weighted by Gasteiger charge is -2.19. The monoisotopic (exact) mass is 356 g/mol. The normalized spacial score (nSPS) is 13.3. The van der Waals surface area contributed by atoms with Crippen molar-refractivity contribution in [2.24, 2.45) is 5.92 Å². The van der Waals surface area contributed by atoms with Gasteiger partial charge < -0.3 is 15.7 Å². The predicted molar refractivity (Wildman–Crippen MR) is 92.3 cm³/mol. The lowest BCUT2D eigenvalue weighted by Crippen LogP contribution is -2.42. The summed E-state index contributed by atoms with van der Waals surface area (Å²) in [6, 6.07) is 1.72. The largest absolute Gasteiger partial charge is 0.480 e. The average Bonchev–Trinajstić information content (AvgIpc) is 2.56. The molecule has 0 heterocycles. The number of hydrogen-bond acceptors (Lipinski definition) is 3. The highest BCUT2D eigenvalue weighted by Crippen LogP contribution is 2.16. The second-order valence-electron chi connectivity index (χ2n) is 6.09. The maximum absolute atomic E-state index is 13.5. The fourth-order valence-corrected chi connectivity index (χ4v) is 2.48. The smallest absolute Gasteiger partial charge is 0.321 e. The van der Waals surface area contributed by atoms with Crippen molar-refractivity contribution in [2.75, 3.05) is 11.9 Å². The SMILES string of the molecule is CCCC[C@H](CC)CN[C@@H](CC(=O)Nc1ccc(F)cc1F)C(=O)O. The van der Waals surface area contributed by atoms with E-state index in [9.17, 15) is 23.5 Å². The number of benzene rings is 1. The van der Waals surface area contributed by atoms with Gasteiger partial charge in [-0.05, 0) is 31.0 Å². The molecular weight excluding hydrogens is 330 g/mol. The van der Waals surface area contributed by atoms with Gasteiger partial charge in [0.25, 0.3) is 0 Å². The van der Waals surface area contributed by atoms with Crippen LogP contribution in [0.15, 0.2) is 18.2 Å². The van der Waals surface area contributed by atoms with Gasteiger partial charge in [0.05, 0.1) is 12.1 Å². The van der Waals surface area contributed by atoms with Gasteiger partial charge in [-0.1, -0.05) is 33.1 Å². The Morgan fingerprint density at radius 2 is 1.96 bits per heavy atom. The van der Waals surface area contributed by atoms with Crippen molar-refractivity contribution in [3.05, 3.63) is 29.8 Å². The molecule has 0 spiro atoms. The summed E-state index contributed by atoms with van der Waals surface area (Å²) < 4.78 is 26.4. The molecule has 0 aliphatic rings. The summed E-state index contributed by atoms with van der Waals surface area (Å²) in [6.07, 6.45) is 3.73. The van der Waals surface area contributed by atoms with Gasteiger partial charge in [0.15, 0.2) is 0 Å². The second kappa shape index (κ2) is 10.8. The zero-order valence-corrected chi connectivity index (χ0v) is 14.6. The van der Waals surface area contributed by atoms with Crippen LogP contribution in [-0.2, 0) is 9.59 Å². The summed E-state index contributed by atoms with van der Waals surface area (Å²) in [5, 5.41) is 14.5. The molecule has 0 aliphatic heterocycles. The van der Waals surface area contributed by atoms with E-state index in [4.69, 9.17) is 0 Å². The molecule has 140 valence electrons. The first-order valence-corrected chi connectivity index (χ1v) is 8.58. The summed E-state index contributed by atoms with van der Waals surface area (Å²) in [5.74, 6) is -3.09. The lowest BCUT2D eigenvalue weighted by atomic mass is 9.99. The first-order chi connectivity index (χ1) is 11.9. The number of unbranched alkanes of at least 4 members (excludes halogenated alkanes) is 1. The summed E-state index contributed by atoms with van der Waals surface area (Å²) in [4.78, 5) is 23.3. The van der Waals surface area contributed by atoms with Gasteiger partial charge in [-0.25, -0.2) is 8.78 Å². The molecule has 1 aromatic rings. The van der Waals surface area contributed by atoms with Gasteiger partial charge in [-0.2, -0.15) is 0 Å². The van der Waals surface area contributed by atoms with E-state index in [1.807, 2.05) is 6.92 Å². The summed E-state index contributed by atoms with van der Waals surface area (Å²) >= 11 is 0. The van der Waals surface area contributed by atoms with Crippen LogP contribution in [0.5, 0.6) is 0 Å². The van der Waals surface area contributed by atoms with Crippen LogP contribution in [0.4, 0.5) is 14.5 Å². The van der Waals surface area contributed by atoms with Gasteiger partial charge in [0, 0.05) is 6.07 Å². The van der Waals surface area contributed by atoms with Gasteiger partial charge >= 0.3 is 5.97 Å². The average molecular weight is 356 g/mol. The van der Waals surface area contributed by atoms with Crippen LogP contribution in [0.25, 0.3) is 0 Å². The molecule has 0 radical (unpaired) electrons. The molecule has 0 aliphatic carbocycles. The molecule has 0 saturated carbocycles. The highest BCUT2D eigenvalue weighted by molar-refractivity contribution is 5.94. The fraction of sp³-hybridized carbons (Fsp3) is 0.556. The Labute approximate surface area is 146 Å². The van der Waals surface area contributed by atoms with Crippen molar-refractivity contribution >= 4 is 17.6 Å². The van der Waals surface area contributed by atoms with Crippen molar-refractivity contribution in [1.82, 2.24) is 5.32 Å². The van der Waals surface area contributed by atoms with Gasteiger partial charge in [0.2, 0.25) is 5.91 Å². The van der Waals surface area contributed by atoms with Crippen LogP contribution in [0.2, 0.25) is 0 Å². The number of hydrogen-bond donors (Lipinski definition) is 3. The van der Waals surface area contributed by atoms with Gasteiger partial charge in [-0.3, -0.25) is 9.59 Å². The van der Waals surface area contributed by atoms with E-state index in [0.717, 1.165) is 37.8 Å². The molecule has 0 aromatic heterocycles. The topological polar surface area (TPSA) is 78.4 Å². The Hall–Kier alpha value is -2.02. The Bertz CT molecular complexity index is 581. The number of halogens is 2. The Morgan fingerprint density at radius 1 is 1.24 bits per heavy atom. The van der Waals surface area contributed by atoms with E-state index in [1.165, 1.54) is 0 Å². The third-order valence-corrected chi connectivity index (χ3v) is 4.09. The molecule has 3 N–H and O–H groups in total. The van der Waals surface area contributed by atoms with Crippen molar-refractivity contribution in [1.29, 1.82) is 0 Å².